The number of nitrogens with two attached hydrogens (primary N) is 2. The summed E-state index contributed by atoms with van der Waals surface area (Å²) in [6, 6.07) is 3.40. The number of rotatable bonds is 4. The van der Waals surface area contributed by atoms with E-state index in [0.717, 1.165) is 22.4 Å². The van der Waals surface area contributed by atoms with Crippen LogP contribution in [0.1, 0.15) is 22.7 Å². The molecule has 0 saturated carbocycles. The molecule has 0 heterocycles. The summed E-state index contributed by atoms with van der Waals surface area (Å²) in [4.78, 5) is 0. The van der Waals surface area contributed by atoms with Gasteiger partial charge in [-0.1, -0.05) is 12.1 Å². The molecule has 0 amide bonds. The molecular formula is C12H20N2O2. The minimum absolute atomic E-state index is 0.158. The topological polar surface area (TPSA) is 81.5 Å². The fourth-order valence-corrected chi connectivity index (χ4v) is 1.87. The van der Waals surface area contributed by atoms with Crippen LogP contribution in [0.2, 0.25) is 0 Å². The van der Waals surface area contributed by atoms with E-state index >= 15 is 0 Å². The van der Waals surface area contributed by atoms with Gasteiger partial charge >= 0.3 is 0 Å². The average Bonchev–Trinajstić information content (AvgIpc) is 2.26. The Morgan fingerprint density at radius 3 is 2.19 bits per heavy atom. The van der Waals surface area contributed by atoms with Gasteiger partial charge in [-0.15, -0.1) is 0 Å². The van der Waals surface area contributed by atoms with Crippen molar-refractivity contribution in [3.05, 3.63) is 28.8 Å². The molecular weight excluding hydrogens is 204 g/mol. The summed E-state index contributed by atoms with van der Waals surface area (Å²) in [6.45, 7) is 4.07. The lowest BCUT2D eigenvalue weighted by atomic mass is 9.97. The van der Waals surface area contributed by atoms with E-state index in [0.29, 0.717) is 0 Å². The van der Waals surface area contributed by atoms with E-state index in [1.807, 2.05) is 26.0 Å². The van der Waals surface area contributed by atoms with Crippen LogP contribution in [0.5, 0.6) is 5.75 Å². The standard InChI is InChI=1S/C12H20N2O2/c1-7-4-9(11(14)10(15)6-13)5-8(2)12(7)16-3/h4-5,10-11,15H,6,13-14H2,1-3H3. The van der Waals surface area contributed by atoms with E-state index in [1.165, 1.54) is 0 Å². The van der Waals surface area contributed by atoms with E-state index in [1.54, 1.807) is 7.11 Å². The molecule has 0 aliphatic carbocycles. The summed E-state index contributed by atoms with van der Waals surface area (Å²) in [7, 11) is 1.64. The zero-order chi connectivity index (χ0) is 12.3. The predicted octanol–water partition coefficient (Wildman–Crippen LogP) is 0.631. The molecule has 5 N–H and O–H groups in total. The first-order valence-electron chi connectivity index (χ1n) is 5.30. The molecule has 0 radical (unpaired) electrons. The second-order valence-corrected chi connectivity index (χ2v) is 4.02. The van der Waals surface area contributed by atoms with Crippen LogP contribution in [0, 0.1) is 13.8 Å². The van der Waals surface area contributed by atoms with Gasteiger partial charge in [0.1, 0.15) is 5.75 Å². The maximum atomic E-state index is 9.61. The van der Waals surface area contributed by atoms with Crippen molar-refractivity contribution < 1.29 is 9.84 Å². The summed E-state index contributed by atoms with van der Waals surface area (Å²) < 4.78 is 5.27. The molecule has 16 heavy (non-hydrogen) atoms. The number of hydrogen-bond donors (Lipinski definition) is 3. The van der Waals surface area contributed by atoms with Crippen molar-refractivity contribution in [1.29, 1.82) is 0 Å². The highest BCUT2D eigenvalue weighted by atomic mass is 16.5. The largest absolute Gasteiger partial charge is 0.496 e. The van der Waals surface area contributed by atoms with Crippen molar-refractivity contribution in [3.63, 3.8) is 0 Å². The third-order valence-corrected chi connectivity index (χ3v) is 2.73. The predicted molar refractivity (Wildman–Crippen MR) is 64.5 cm³/mol. The van der Waals surface area contributed by atoms with Crippen LogP contribution in [-0.4, -0.2) is 24.9 Å². The molecule has 90 valence electrons. The van der Waals surface area contributed by atoms with E-state index in [4.69, 9.17) is 16.2 Å². The van der Waals surface area contributed by atoms with Gasteiger partial charge in [0.15, 0.2) is 0 Å². The monoisotopic (exact) mass is 224 g/mol. The summed E-state index contributed by atoms with van der Waals surface area (Å²) >= 11 is 0. The second kappa shape index (κ2) is 5.30. The number of aryl methyl sites for hydroxylation is 2. The number of hydrogen-bond acceptors (Lipinski definition) is 4. The fourth-order valence-electron chi connectivity index (χ4n) is 1.87. The zero-order valence-corrected chi connectivity index (χ0v) is 10.0. The van der Waals surface area contributed by atoms with Crippen LogP contribution in [0.15, 0.2) is 12.1 Å². The lowest BCUT2D eigenvalue weighted by Gasteiger charge is -2.20. The van der Waals surface area contributed by atoms with Gasteiger partial charge < -0.3 is 21.3 Å². The summed E-state index contributed by atoms with van der Waals surface area (Å²) in [5, 5.41) is 9.61. The van der Waals surface area contributed by atoms with E-state index in [-0.39, 0.29) is 6.54 Å². The lowest BCUT2D eigenvalue weighted by Crippen LogP contribution is -2.32. The first kappa shape index (κ1) is 13.0. The maximum Gasteiger partial charge on any atom is 0.124 e. The Morgan fingerprint density at radius 2 is 1.81 bits per heavy atom. The van der Waals surface area contributed by atoms with Crippen molar-refractivity contribution in [2.75, 3.05) is 13.7 Å². The van der Waals surface area contributed by atoms with Crippen molar-refractivity contribution in [2.24, 2.45) is 11.5 Å². The van der Waals surface area contributed by atoms with Crippen LogP contribution in [0.4, 0.5) is 0 Å². The Morgan fingerprint density at radius 1 is 1.31 bits per heavy atom. The second-order valence-electron chi connectivity index (χ2n) is 4.02. The molecule has 2 atom stereocenters. The Bertz CT molecular complexity index is 343. The van der Waals surface area contributed by atoms with Crippen molar-refractivity contribution in [3.8, 4) is 5.75 Å². The number of aliphatic hydroxyl groups excluding tert-OH is 1. The molecule has 0 aliphatic rings. The number of ether oxygens (including phenoxy) is 1. The highest BCUT2D eigenvalue weighted by Crippen LogP contribution is 2.27. The number of benzene rings is 1. The summed E-state index contributed by atoms with van der Waals surface area (Å²) in [5.41, 5.74) is 14.2. The highest BCUT2D eigenvalue weighted by molar-refractivity contribution is 5.44. The Balaban J connectivity index is 3.08. The van der Waals surface area contributed by atoms with E-state index in [9.17, 15) is 5.11 Å². The summed E-state index contributed by atoms with van der Waals surface area (Å²) in [6.07, 6.45) is -0.716. The Hall–Kier alpha value is -1.10. The van der Waals surface area contributed by atoms with Crippen LogP contribution < -0.4 is 16.2 Å². The van der Waals surface area contributed by atoms with Crippen LogP contribution >= 0.6 is 0 Å². The average molecular weight is 224 g/mol. The molecule has 0 aromatic heterocycles. The van der Waals surface area contributed by atoms with Gasteiger partial charge in [0.05, 0.1) is 19.3 Å². The van der Waals surface area contributed by atoms with Gasteiger partial charge in [-0.05, 0) is 30.5 Å². The minimum atomic E-state index is -0.716. The highest BCUT2D eigenvalue weighted by Gasteiger charge is 2.17. The van der Waals surface area contributed by atoms with Gasteiger partial charge in [-0.3, -0.25) is 0 Å². The molecule has 1 rings (SSSR count). The van der Waals surface area contributed by atoms with E-state index < -0.39 is 12.1 Å². The molecule has 4 heteroatoms. The van der Waals surface area contributed by atoms with E-state index in [2.05, 4.69) is 0 Å². The van der Waals surface area contributed by atoms with Crippen LogP contribution in [-0.2, 0) is 0 Å². The molecule has 0 spiro atoms. The fraction of sp³-hybridized carbons (Fsp3) is 0.500. The third-order valence-electron chi connectivity index (χ3n) is 2.73. The van der Waals surface area contributed by atoms with Crippen molar-refractivity contribution in [2.45, 2.75) is 26.0 Å². The molecule has 0 bridgehead atoms. The molecule has 0 aliphatic heterocycles. The minimum Gasteiger partial charge on any atom is -0.496 e. The number of aliphatic hydroxyl groups is 1. The van der Waals surface area contributed by atoms with Crippen molar-refractivity contribution in [1.82, 2.24) is 0 Å². The molecule has 1 aromatic carbocycles. The molecule has 2 unspecified atom stereocenters. The van der Waals surface area contributed by atoms with Gasteiger partial charge in [0, 0.05) is 6.54 Å². The van der Waals surface area contributed by atoms with Gasteiger partial charge in [0.25, 0.3) is 0 Å². The smallest absolute Gasteiger partial charge is 0.124 e. The normalized spacial score (nSPS) is 14.6. The van der Waals surface area contributed by atoms with Gasteiger partial charge in [0.2, 0.25) is 0 Å². The van der Waals surface area contributed by atoms with Gasteiger partial charge in [-0.2, -0.15) is 0 Å². The Labute approximate surface area is 96.2 Å². The molecule has 0 fully saturated rings. The van der Waals surface area contributed by atoms with Gasteiger partial charge in [-0.25, -0.2) is 0 Å². The zero-order valence-electron chi connectivity index (χ0n) is 10.0. The first-order chi connectivity index (χ1) is 7.51. The lowest BCUT2D eigenvalue weighted by molar-refractivity contribution is 0.153. The maximum absolute atomic E-state index is 9.61. The first-order valence-corrected chi connectivity index (χ1v) is 5.30. The van der Waals surface area contributed by atoms with Crippen molar-refractivity contribution >= 4 is 0 Å². The Kier molecular flexibility index (Phi) is 4.29. The van der Waals surface area contributed by atoms with Crippen LogP contribution in [0.3, 0.4) is 0 Å². The quantitative estimate of drug-likeness (QED) is 0.700. The third kappa shape index (κ3) is 2.52. The summed E-state index contributed by atoms with van der Waals surface area (Å²) in [5.74, 6) is 0.859. The molecule has 4 nitrogen and oxygen atoms in total. The molecule has 0 saturated heterocycles. The van der Waals surface area contributed by atoms with Crippen LogP contribution in [0.25, 0.3) is 0 Å². The molecule has 1 aromatic rings. The SMILES string of the molecule is COc1c(C)cc(C(N)C(O)CN)cc1C. The number of methoxy groups -OCH3 is 1.